The van der Waals surface area contributed by atoms with Gasteiger partial charge in [0.25, 0.3) is 0 Å². The van der Waals surface area contributed by atoms with Gasteiger partial charge in [-0.2, -0.15) is 0 Å². The molecule has 0 aliphatic heterocycles. The summed E-state index contributed by atoms with van der Waals surface area (Å²) in [6.45, 7) is 1.79. The van der Waals surface area contributed by atoms with Crippen molar-refractivity contribution in [2.24, 2.45) is 0 Å². The van der Waals surface area contributed by atoms with E-state index in [1.54, 1.807) is 13.0 Å². The molecule has 5 heteroatoms. The van der Waals surface area contributed by atoms with Gasteiger partial charge in [-0.3, -0.25) is 0 Å². The second-order valence-electron chi connectivity index (χ2n) is 2.45. The van der Waals surface area contributed by atoms with Crippen molar-refractivity contribution in [3.8, 4) is 5.88 Å². The maximum atomic E-state index is 10.7. The molecule has 1 aromatic heterocycles. The fourth-order valence-corrected chi connectivity index (χ4v) is 1.52. The predicted octanol–water partition coefficient (Wildman–Crippen LogP) is 1.86. The number of methoxy groups -OCH3 is 1. The Morgan fingerprint density at radius 3 is 2.77 bits per heavy atom. The molecular formula is C8H8BrNO3. The van der Waals surface area contributed by atoms with E-state index in [2.05, 4.69) is 20.9 Å². The van der Waals surface area contributed by atoms with Crippen molar-refractivity contribution in [3.63, 3.8) is 0 Å². The smallest absolute Gasteiger partial charge is 0.355 e. The molecule has 0 saturated heterocycles. The number of aryl methyl sites for hydroxylation is 1. The third kappa shape index (κ3) is 1.98. The second kappa shape index (κ2) is 3.74. The van der Waals surface area contributed by atoms with Crippen molar-refractivity contribution >= 4 is 21.9 Å². The van der Waals surface area contributed by atoms with Gasteiger partial charge in [0, 0.05) is 5.56 Å². The lowest BCUT2D eigenvalue weighted by Gasteiger charge is -2.05. The molecular weight excluding hydrogens is 238 g/mol. The van der Waals surface area contributed by atoms with Crippen LogP contribution in [0.2, 0.25) is 0 Å². The number of aromatic nitrogens is 1. The molecule has 0 aliphatic rings. The van der Waals surface area contributed by atoms with Gasteiger partial charge in [0.1, 0.15) is 0 Å². The summed E-state index contributed by atoms with van der Waals surface area (Å²) in [6.07, 6.45) is 0. The fourth-order valence-electron chi connectivity index (χ4n) is 0.920. The van der Waals surface area contributed by atoms with Crippen LogP contribution in [0.3, 0.4) is 0 Å². The molecule has 0 amide bonds. The Morgan fingerprint density at radius 1 is 1.69 bits per heavy atom. The maximum Gasteiger partial charge on any atom is 0.355 e. The third-order valence-electron chi connectivity index (χ3n) is 1.52. The highest BCUT2D eigenvalue weighted by Crippen LogP contribution is 2.22. The molecule has 0 spiro atoms. The molecule has 0 bridgehead atoms. The number of carboxylic acid groups (broad SMARTS) is 1. The number of ether oxygens (including phenoxy) is 1. The molecule has 4 nitrogen and oxygen atoms in total. The first kappa shape index (κ1) is 9.98. The normalized spacial score (nSPS) is 9.77. The Morgan fingerprint density at radius 2 is 2.31 bits per heavy atom. The Labute approximate surface area is 83.7 Å². The molecule has 1 heterocycles. The summed E-state index contributed by atoms with van der Waals surface area (Å²) in [5.74, 6) is -0.745. The summed E-state index contributed by atoms with van der Waals surface area (Å²) in [5.41, 5.74) is 0.752. The standard InChI is InChI=1S/C8H8BrNO3/c1-4-3-5(9)6(8(11)12)10-7(4)13-2/h3H,1-2H3,(H,11,12). The van der Waals surface area contributed by atoms with Crippen LogP contribution in [-0.4, -0.2) is 23.2 Å². The Kier molecular flexibility index (Phi) is 2.87. The van der Waals surface area contributed by atoms with Crippen LogP contribution < -0.4 is 4.74 Å². The van der Waals surface area contributed by atoms with Crippen molar-refractivity contribution in [3.05, 3.63) is 21.8 Å². The molecule has 70 valence electrons. The summed E-state index contributed by atoms with van der Waals surface area (Å²) >= 11 is 3.11. The molecule has 0 fully saturated rings. The second-order valence-corrected chi connectivity index (χ2v) is 3.30. The van der Waals surface area contributed by atoms with Crippen LogP contribution in [0.1, 0.15) is 16.1 Å². The van der Waals surface area contributed by atoms with Crippen LogP contribution in [-0.2, 0) is 0 Å². The Balaban J connectivity index is 3.30. The molecule has 0 aliphatic carbocycles. The molecule has 0 atom stereocenters. The zero-order valence-corrected chi connectivity index (χ0v) is 8.75. The van der Waals surface area contributed by atoms with Gasteiger partial charge in [0.15, 0.2) is 5.69 Å². The van der Waals surface area contributed by atoms with Gasteiger partial charge in [-0.15, -0.1) is 0 Å². The molecule has 0 saturated carbocycles. The molecule has 0 unspecified atom stereocenters. The topological polar surface area (TPSA) is 59.4 Å². The Hall–Kier alpha value is -1.10. The van der Waals surface area contributed by atoms with Gasteiger partial charge in [-0.25, -0.2) is 9.78 Å². The van der Waals surface area contributed by atoms with Crippen LogP contribution >= 0.6 is 15.9 Å². The number of carboxylic acids is 1. The van der Waals surface area contributed by atoms with Crippen LogP contribution in [0.4, 0.5) is 0 Å². The summed E-state index contributed by atoms with van der Waals surface area (Å²) in [6, 6.07) is 1.66. The summed E-state index contributed by atoms with van der Waals surface area (Å²) in [5, 5.41) is 8.73. The molecule has 1 aromatic rings. The molecule has 13 heavy (non-hydrogen) atoms. The van der Waals surface area contributed by atoms with Gasteiger partial charge in [0.05, 0.1) is 11.6 Å². The lowest BCUT2D eigenvalue weighted by molar-refractivity contribution is 0.0688. The summed E-state index contributed by atoms with van der Waals surface area (Å²) < 4.78 is 5.35. The molecule has 1 N–H and O–H groups in total. The van der Waals surface area contributed by atoms with Crippen LogP contribution in [0.15, 0.2) is 10.5 Å². The highest BCUT2D eigenvalue weighted by Gasteiger charge is 2.13. The number of hydrogen-bond acceptors (Lipinski definition) is 3. The highest BCUT2D eigenvalue weighted by molar-refractivity contribution is 9.10. The average molecular weight is 246 g/mol. The maximum absolute atomic E-state index is 10.7. The minimum absolute atomic E-state index is 0.0394. The fraction of sp³-hybridized carbons (Fsp3) is 0.250. The van der Waals surface area contributed by atoms with Crippen molar-refractivity contribution in [1.82, 2.24) is 4.98 Å². The average Bonchev–Trinajstić information content (AvgIpc) is 2.03. The van der Waals surface area contributed by atoms with E-state index >= 15 is 0 Å². The first-order valence-electron chi connectivity index (χ1n) is 3.50. The first-order chi connectivity index (χ1) is 6.06. The number of hydrogen-bond donors (Lipinski definition) is 1. The van der Waals surface area contributed by atoms with E-state index in [9.17, 15) is 4.79 Å². The zero-order chi connectivity index (χ0) is 10.0. The van der Waals surface area contributed by atoms with Gasteiger partial charge in [-0.1, -0.05) is 0 Å². The van der Waals surface area contributed by atoms with Crippen LogP contribution in [0.25, 0.3) is 0 Å². The van der Waals surface area contributed by atoms with Gasteiger partial charge < -0.3 is 9.84 Å². The number of rotatable bonds is 2. The third-order valence-corrected chi connectivity index (χ3v) is 2.12. The van der Waals surface area contributed by atoms with Gasteiger partial charge in [0.2, 0.25) is 5.88 Å². The van der Waals surface area contributed by atoms with E-state index in [1.165, 1.54) is 7.11 Å². The lowest BCUT2D eigenvalue weighted by atomic mass is 10.2. The van der Waals surface area contributed by atoms with Crippen molar-refractivity contribution in [2.75, 3.05) is 7.11 Å². The van der Waals surface area contributed by atoms with E-state index in [4.69, 9.17) is 9.84 Å². The monoisotopic (exact) mass is 245 g/mol. The first-order valence-corrected chi connectivity index (χ1v) is 4.30. The Bertz CT molecular complexity index is 351. The molecule has 0 aromatic carbocycles. The number of halogens is 1. The van der Waals surface area contributed by atoms with Gasteiger partial charge in [-0.05, 0) is 28.9 Å². The lowest BCUT2D eigenvalue weighted by Crippen LogP contribution is -2.04. The zero-order valence-electron chi connectivity index (χ0n) is 7.17. The quantitative estimate of drug-likeness (QED) is 0.865. The van der Waals surface area contributed by atoms with E-state index in [0.717, 1.165) is 5.56 Å². The SMILES string of the molecule is COc1nc(C(=O)O)c(Br)cc1C. The minimum Gasteiger partial charge on any atom is -0.481 e. The van der Waals surface area contributed by atoms with Crippen LogP contribution in [0, 0.1) is 6.92 Å². The molecule has 0 radical (unpaired) electrons. The highest BCUT2D eigenvalue weighted by atomic mass is 79.9. The summed E-state index contributed by atoms with van der Waals surface area (Å²) in [4.78, 5) is 14.5. The number of pyridine rings is 1. The van der Waals surface area contributed by atoms with Crippen LogP contribution in [0.5, 0.6) is 5.88 Å². The number of carbonyl (C=O) groups is 1. The number of nitrogens with zero attached hydrogens (tertiary/aromatic N) is 1. The van der Waals surface area contributed by atoms with E-state index in [0.29, 0.717) is 10.4 Å². The van der Waals surface area contributed by atoms with E-state index in [-0.39, 0.29) is 5.69 Å². The molecule has 1 rings (SSSR count). The van der Waals surface area contributed by atoms with E-state index in [1.807, 2.05) is 0 Å². The van der Waals surface area contributed by atoms with E-state index < -0.39 is 5.97 Å². The van der Waals surface area contributed by atoms with Gasteiger partial charge >= 0.3 is 5.97 Å². The minimum atomic E-state index is -1.08. The number of aromatic carboxylic acids is 1. The van der Waals surface area contributed by atoms with Crippen molar-refractivity contribution < 1.29 is 14.6 Å². The van der Waals surface area contributed by atoms with Crippen molar-refractivity contribution in [2.45, 2.75) is 6.92 Å². The predicted molar refractivity (Wildman–Crippen MR) is 50.2 cm³/mol. The largest absolute Gasteiger partial charge is 0.481 e. The summed E-state index contributed by atoms with van der Waals surface area (Å²) in [7, 11) is 1.45. The van der Waals surface area contributed by atoms with Crippen molar-refractivity contribution in [1.29, 1.82) is 0 Å².